The molecule has 1 aliphatic rings. The summed E-state index contributed by atoms with van der Waals surface area (Å²) in [5.74, 6) is 0. The second-order valence-electron chi connectivity index (χ2n) is 13.3. The van der Waals surface area contributed by atoms with Crippen LogP contribution in [0.1, 0.15) is 0 Å². The molecule has 0 saturated heterocycles. The Kier molecular flexibility index (Phi) is 7.18. The van der Waals surface area contributed by atoms with E-state index in [1.54, 1.807) is 0 Å². The van der Waals surface area contributed by atoms with E-state index in [1.807, 2.05) is 0 Å². The fraction of sp³-hybridized carbons (Fsp3) is 0. The number of anilines is 3. The Labute approximate surface area is 304 Å². The highest BCUT2D eigenvalue weighted by Gasteiger charge is 2.28. The van der Waals surface area contributed by atoms with Gasteiger partial charge in [0, 0.05) is 33.7 Å². The lowest BCUT2D eigenvalue weighted by Gasteiger charge is -2.25. The van der Waals surface area contributed by atoms with Gasteiger partial charge >= 0.3 is 0 Å². The van der Waals surface area contributed by atoms with Crippen LogP contribution in [0.25, 0.3) is 72.4 Å². The van der Waals surface area contributed by atoms with Crippen LogP contribution in [0.3, 0.4) is 0 Å². The molecule has 0 fully saturated rings. The molecule has 8 aromatic carbocycles. The molecule has 1 aliphatic carbocycles. The first-order valence-corrected chi connectivity index (χ1v) is 17.9. The smallest absolute Gasteiger partial charge is 0.0619 e. The molecule has 0 N–H and O–H groups in total. The Morgan fingerprint density at radius 2 is 0.750 bits per heavy atom. The maximum Gasteiger partial charge on any atom is 0.0619 e. The molecule has 9 aromatic rings. The molecule has 0 unspecified atom stereocenters. The minimum atomic E-state index is 1.12. The third-order valence-electron chi connectivity index (χ3n) is 10.4. The highest BCUT2D eigenvalue weighted by molar-refractivity contribution is 6.17. The van der Waals surface area contributed by atoms with Gasteiger partial charge in [-0.3, -0.25) is 0 Å². The molecular formula is C50H34N2. The lowest BCUT2D eigenvalue weighted by molar-refractivity contribution is 1.13. The lowest BCUT2D eigenvalue weighted by Crippen LogP contribution is -2.09. The predicted molar refractivity (Wildman–Crippen MR) is 219 cm³/mol. The molecule has 0 amide bonds. The van der Waals surface area contributed by atoms with E-state index in [4.69, 9.17) is 0 Å². The van der Waals surface area contributed by atoms with Gasteiger partial charge in [-0.25, -0.2) is 0 Å². The highest BCUT2D eigenvalue weighted by atomic mass is 15.1. The summed E-state index contributed by atoms with van der Waals surface area (Å²) < 4.78 is 2.47. The molecule has 1 aromatic heterocycles. The number of benzene rings is 8. The molecule has 244 valence electrons. The number of nitrogens with zero attached hydrogens (tertiary/aromatic N) is 2. The van der Waals surface area contributed by atoms with Gasteiger partial charge in [0.05, 0.1) is 11.2 Å². The van der Waals surface area contributed by atoms with Gasteiger partial charge in [0.2, 0.25) is 0 Å². The molecule has 0 saturated carbocycles. The van der Waals surface area contributed by atoms with Crippen molar-refractivity contribution >= 4 is 28.0 Å². The van der Waals surface area contributed by atoms with Gasteiger partial charge in [-0.2, -0.15) is 0 Å². The van der Waals surface area contributed by atoms with Crippen LogP contribution in [-0.4, -0.2) is 4.57 Å². The van der Waals surface area contributed by atoms with Gasteiger partial charge in [-0.15, -0.1) is 0 Å². The van der Waals surface area contributed by atoms with Crippen molar-refractivity contribution in [2.24, 2.45) is 0 Å². The van der Waals surface area contributed by atoms with Crippen LogP contribution in [0, 0.1) is 0 Å². The summed E-state index contributed by atoms with van der Waals surface area (Å²) in [6, 6.07) is 74.5. The second-order valence-corrected chi connectivity index (χ2v) is 13.3. The first kappa shape index (κ1) is 30.0. The summed E-state index contributed by atoms with van der Waals surface area (Å²) in [6.07, 6.45) is 0. The first-order valence-electron chi connectivity index (χ1n) is 17.9. The Hall–Kier alpha value is -6.90. The standard InChI is InChI=1S/C50H34N2/c1-4-15-37(16-5-1)50-49-46-24-13-12-23-44(46)42-21-10-11-22-43(42)45-25-14-26-47(48(45)49)52(50)41-33-29-36(30-34-41)35-27-31-40(32-28-35)51(38-17-6-2-7-18-38)39-19-8-3-9-20-39/h1-34H. The third-order valence-corrected chi connectivity index (χ3v) is 10.4. The van der Waals surface area contributed by atoms with E-state index in [-0.39, 0.29) is 0 Å². The fourth-order valence-corrected chi connectivity index (χ4v) is 8.06. The number of hydrogen-bond donors (Lipinski definition) is 0. The fourth-order valence-electron chi connectivity index (χ4n) is 8.06. The minimum absolute atomic E-state index is 1.12. The average Bonchev–Trinajstić information content (AvgIpc) is 3.52. The molecule has 0 atom stereocenters. The highest BCUT2D eigenvalue weighted by Crippen LogP contribution is 2.52. The monoisotopic (exact) mass is 662 g/mol. The number of aromatic nitrogens is 1. The number of rotatable bonds is 6. The number of hydrogen-bond acceptors (Lipinski definition) is 1. The van der Waals surface area contributed by atoms with Crippen LogP contribution in [0.15, 0.2) is 206 Å². The summed E-state index contributed by atoms with van der Waals surface area (Å²) in [4.78, 5) is 2.30. The number of para-hydroxylation sites is 2. The van der Waals surface area contributed by atoms with Gasteiger partial charge in [0.15, 0.2) is 0 Å². The molecule has 52 heavy (non-hydrogen) atoms. The minimum Gasteiger partial charge on any atom is -0.311 e. The van der Waals surface area contributed by atoms with Crippen LogP contribution in [0.5, 0.6) is 0 Å². The van der Waals surface area contributed by atoms with Crippen LogP contribution in [-0.2, 0) is 0 Å². The molecule has 1 heterocycles. The number of fused-ring (bicyclic) bond motifs is 5. The average molecular weight is 663 g/mol. The molecule has 0 radical (unpaired) electrons. The molecule has 0 aliphatic heterocycles. The maximum atomic E-state index is 2.47. The van der Waals surface area contributed by atoms with Gasteiger partial charge in [0.1, 0.15) is 0 Å². The van der Waals surface area contributed by atoms with E-state index >= 15 is 0 Å². The molecule has 0 bridgehead atoms. The van der Waals surface area contributed by atoms with E-state index in [9.17, 15) is 0 Å². The zero-order valence-corrected chi connectivity index (χ0v) is 28.5. The van der Waals surface area contributed by atoms with Crippen LogP contribution >= 0.6 is 0 Å². The largest absolute Gasteiger partial charge is 0.311 e. The van der Waals surface area contributed by atoms with E-state index in [1.165, 1.54) is 66.7 Å². The van der Waals surface area contributed by atoms with Gasteiger partial charge in [-0.1, -0.05) is 152 Å². The van der Waals surface area contributed by atoms with Crippen molar-refractivity contribution in [2.45, 2.75) is 0 Å². The Morgan fingerprint density at radius 1 is 0.308 bits per heavy atom. The molecule has 10 rings (SSSR count). The summed E-state index contributed by atoms with van der Waals surface area (Å²) in [5, 5.41) is 1.29. The summed E-state index contributed by atoms with van der Waals surface area (Å²) in [7, 11) is 0. The Bertz CT molecular complexity index is 2650. The normalized spacial score (nSPS) is 11.5. The topological polar surface area (TPSA) is 8.17 Å². The van der Waals surface area contributed by atoms with E-state index in [0.717, 1.165) is 22.7 Å². The summed E-state index contributed by atoms with van der Waals surface area (Å²) in [6.45, 7) is 0. The second kappa shape index (κ2) is 12.5. The SMILES string of the molecule is c1ccc(-c2c3c4c(cccc4n2-c2ccc(-c4ccc(N(c5ccccc5)c5ccccc5)cc4)cc2)-c2ccccc2-c2ccccc2-3)cc1. The van der Waals surface area contributed by atoms with Crippen molar-refractivity contribution in [3.63, 3.8) is 0 Å². The maximum absolute atomic E-state index is 2.47. The van der Waals surface area contributed by atoms with E-state index in [0.29, 0.717) is 0 Å². The van der Waals surface area contributed by atoms with Crippen molar-refractivity contribution in [3.05, 3.63) is 206 Å². The predicted octanol–water partition coefficient (Wildman–Crippen LogP) is 13.7. The third kappa shape index (κ3) is 4.88. The first-order chi connectivity index (χ1) is 25.8. The van der Waals surface area contributed by atoms with Gasteiger partial charge in [0.25, 0.3) is 0 Å². The summed E-state index contributed by atoms with van der Waals surface area (Å²) >= 11 is 0. The van der Waals surface area contributed by atoms with Crippen molar-refractivity contribution < 1.29 is 0 Å². The van der Waals surface area contributed by atoms with Crippen LogP contribution in [0.4, 0.5) is 17.1 Å². The zero-order valence-electron chi connectivity index (χ0n) is 28.5. The quantitative estimate of drug-likeness (QED) is 0.172. The molecule has 0 spiro atoms. The lowest BCUT2D eigenvalue weighted by atomic mass is 9.93. The van der Waals surface area contributed by atoms with Crippen LogP contribution < -0.4 is 4.90 Å². The van der Waals surface area contributed by atoms with Gasteiger partial charge in [-0.05, 0) is 99.1 Å². The zero-order chi connectivity index (χ0) is 34.4. The van der Waals surface area contributed by atoms with E-state index < -0.39 is 0 Å². The van der Waals surface area contributed by atoms with Crippen LogP contribution in [0.2, 0.25) is 0 Å². The van der Waals surface area contributed by atoms with E-state index in [2.05, 4.69) is 216 Å². The molecule has 2 heteroatoms. The van der Waals surface area contributed by atoms with Crippen molar-refractivity contribution in [1.29, 1.82) is 0 Å². The molecular weight excluding hydrogens is 629 g/mol. The van der Waals surface area contributed by atoms with Crippen molar-refractivity contribution in [1.82, 2.24) is 4.57 Å². The van der Waals surface area contributed by atoms with Crippen molar-refractivity contribution in [2.75, 3.05) is 4.90 Å². The molecule has 2 nitrogen and oxygen atoms in total. The Morgan fingerprint density at radius 3 is 1.35 bits per heavy atom. The van der Waals surface area contributed by atoms with Crippen molar-refractivity contribution in [3.8, 4) is 61.5 Å². The summed E-state index contributed by atoms with van der Waals surface area (Å²) in [5.41, 5.74) is 18.1. The van der Waals surface area contributed by atoms with Gasteiger partial charge < -0.3 is 9.47 Å². The Balaban J connectivity index is 1.11.